The fraction of sp³-hybridized carbons (Fsp3) is 0.795. The van der Waals surface area contributed by atoms with E-state index in [9.17, 15) is 14.4 Å². The van der Waals surface area contributed by atoms with Crippen LogP contribution in [0.3, 0.4) is 0 Å². The number of esters is 3. The zero-order valence-corrected chi connectivity index (χ0v) is 52.6. The summed E-state index contributed by atoms with van der Waals surface area (Å²) in [6.07, 6.45) is 87.8. The molecule has 0 aliphatic carbocycles. The molecular formula is C73H130O6. The molecule has 0 saturated carbocycles. The topological polar surface area (TPSA) is 78.9 Å². The Morgan fingerprint density at radius 2 is 0.494 bits per heavy atom. The highest BCUT2D eigenvalue weighted by molar-refractivity contribution is 5.71. The van der Waals surface area contributed by atoms with Gasteiger partial charge < -0.3 is 14.2 Å². The monoisotopic (exact) mass is 1100 g/mol. The van der Waals surface area contributed by atoms with E-state index in [1.54, 1.807) is 0 Å². The third-order valence-electron chi connectivity index (χ3n) is 15.2. The number of unbranched alkanes of at least 4 members (excludes halogenated alkanes) is 40. The SMILES string of the molecule is CC/C=C\C/C=C\C/C=C\C/C=C\CCCCCCCCC(=O)OC(COC(=O)CCCCCCC/C=C\C/C=C\CCCCCC)COC(=O)CCCCCCCCCCCCCCCCCCCCCCCCCCCC. The first kappa shape index (κ1) is 75.8. The van der Waals surface area contributed by atoms with Gasteiger partial charge in [0.15, 0.2) is 6.10 Å². The van der Waals surface area contributed by atoms with Gasteiger partial charge in [-0.1, -0.05) is 318 Å². The molecule has 0 bridgehead atoms. The summed E-state index contributed by atoms with van der Waals surface area (Å²) >= 11 is 0. The summed E-state index contributed by atoms with van der Waals surface area (Å²) < 4.78 is 17.0. The van der Waals surface area contributed by atoms with E-state index in [4.69, 9.17) is 14.2 Å². The summed E-state index contributed by atoms with van der Waals surface area (Å²) in [5, 5.41) is 0. The molecule has 458 valence electrons. The molecule has 0 aliphatic rings. The quantitative estimate of drug-likeness (QED) is 0.0261. The molecule has 0 aromatic carbocycles. The standard InChI is InChI=1S/C73H130O6/c1-4-7-10-13-16-19-22-25-28-31-33-34-35-36-37-38-39-41-42-45-48-51-54-57-60-63-66-72(75)78-69-70(68-77-71(74)65-62-59-56-53-50-47-44-30-27-24-21-18-15-12-9-6-3)79-73(76)67-64-61-58-55-52-49-46-43-40-32-29-26-23-20-17-14-11-8-5-2/h8,11,17,20-21,24,26,29-30,40,43-44,70H,4-7,9-10,12-16,18-19,22-23,25,27-28,31-39,41-42,45-69H2,1-3H3/b11-8-,20-17-,24-21-,29-26-,43-40-,44-30-. The van der Waals surface area contributed by atoms with E-state index in [1.807, 2.05) is 0 Å². The zero-order valence-electron chi connectivity index (χ0n) is 52.6. The first-order chi connectivity index (χ1) is 39.0. The molecular weight excluding hydrogens is 973 g/mol. The van der Waals surface area contributed by atoms with Gasteiger partial charge in [-0.15, -0.1) is 0 Å². The summed E-state index contributed by atoms with van der Waals surface area (Å²) in [7, 11) is 0. The predicted molar refractivity (Wildman–Crippen MR) is 344 cm³/mol. The van der Waals surface area contributed by atoms with Crippen LogP contribution in [0.2, 0.25) is 0 Å². The number of carbonyl (C=O) groups is 3. The van der Waals surface area contributed by atoms with Crippen LogP contribution in [0.1, 0.15) is 355 Å². The highest BCUT2D eigenvalue weighted by Gasteiger charge is 2.19. The molecule has 6 nitrogen and oxygen atoms in total. The van der Waals surface area contributed by atoms with E-state index in [1.165, 1.54) is 199 Å². The van der Waals surface area contributed by atoms with Crippen molar-refractivity contribution in [3.8, 4) is 0 Å². The average molecular weight is 1100 g/mol. The van der Waals surface area contributed by atoms with Gasteiger partial charge in [-0.05, 0) is 89.9 Å². The summed E-state index contributed by atoms with van der Waals surface area (Å²) in [5.41, 5.74) is 0. The molecule has 79 heavy (non-hydrogen) atoms. The van der Waals surface area contributed by atoms with E-state index < -0.39 is 6.10 Å². The Balaban J connectivity index is 4.31. The average Bonchev–Trinajstić information content (AvgIpc) is 3.45. The normalized spacial score (nSPS) is 12.5. The lowest BCUT2D eigenvalue weighted by Gasteiger charge is -2.18. The third kappa shape index (κ3) is 65.5. The molecule has 0 rings (SSSR count). The largest absolute Gasteiger partial charge is 0.462 e. The lowest BCUT2D eigenvalue weighted by Crippen LogP contribution is -2.30. The zero-order chi connectivity index (χ0) is 57.1. The minimum absolute atomic E-state index is 0.0829. The van der Waals surface area contributed by atoms with Crippen LogP contribution in [0.4, 0.5) is 0 Å². The van der Waals surface area contributed by atoms with Gasteiger partial charge in [-0.3, -0.25) is 14.4 Å². The molecule has 6 heteroatoms. The van der Waals surface area contributed by atoms with Crippen LogP contribution >= 0.6 is 0 Å². The van der Waals surface area contributed by atoms with Crippen molar-refractivity contribution in [1.29, 1.82) is 0 Å². The van der Waals surface area contributed by atoms with Crippen molar-refractivity contribution in [1.82, 2.24) is 0 Å². The van der Waals surface area contributed by atoms with Crippen molar-refractivity contribution in [2.75, 3.05) is 13.2 Å². The summed E-state index contributed by atoms with van der Waals surface area (Å²) in [6.45, 7) is 6.54. The van der Waals surface area contributed by atoms with Crippen molar-refractivity contribution >= 4 is 17.9 Å². The van der Waals surface area contributed by atoms with Gasteiger partial charge >= 0.3 is 17.9 Å². The second-order valence-corrected chi connectivity index (χ2v) is 23.1. The molecule has 0 N–H and O–H groups in total. The fourth-order valence-corrected chi connectivity index (χ4v) is 10.1. The maximum atomic E-state index is 12.9. The number of rotatable bonds is 63. The molecule has 0 radical (unpaired) electrons. The second-order valence-electron chi connectivity index (χ2n) is 23.1. The molecule has 1 unspecified atom stereocenters. The van der Waals surface area contributed by atoms with Crippen molar-refractivity contribution in [2.24, 2.45) is 0 Å². The Kier molecular flexibility index (Phi) is 64.7. The number of carbonyl (C=O) groups excluding carboxylic acids is 3. The highest BCUT2D eigenvalue weighted by Crippen LogP contribution is 2.18. The van der Waals surface area contributed by atoms with Crippen molar-refractivity contribution in [2.45, 2.75) is 361 Å². The Morgan fingerprint density at radius 1 is 0.266 bits per heavy atom. The van der Waals surface area contributed by atoms with Gasteiger partial charge in [-0.25, -0.2) is 0 Å². The molecule has 0 amide bonds. The fourth-order valence-electron chi connectivity index (χ4n) is 10.1. The van der Waals surface area contributed by atoms with E-state index in [-0.39, 0.29) is 31.1 Å². The van der Waals surface area contributed by atoms with Crippen molar-refractivity contribution in [3.63, 3.8) is 0 Å². The molecule has 0 heterocycles. The number of ether oxygens (including phenoxy) is 3. The van der Waals surface area contributed by atoms with Gasteiger partial charge in [0.05, 0.1) is 0 Å². The Labute approximate surface area is 491 Å². The van der Waals surface area contributed by atoms with Crippen LogP contribution in [0.25, 0.3) is 0 Å². The smallest absolute Gasteiger partial charge is 0.306 e. The maximum Gasteiger partial charge on any atom is 0.306 e. The molecule has 0 spiro atoms. The molecule has 0 aromatic heterocycles. The minimum atomic E-state index is -0.790. The lowest BCUT2D eigenvalue weighted by molar-refractivity contribution is -0.167. The Hall–Kier alpha value is -3.15. The third-order valence-corrected chi connectivity index (χ3v) is 15.2. The number of hydrogen-bond donors (Lipinski definition) is 0. The molecule has 0 saturated heterocycles. The van der Waals surface area contributed by atoms with Crippen LogP contribution in [-0.4, -0.2) is 37.2 Å². The second kappa shape index (κ2) is 67.4. The molecule has 0 aromatic rings. The van der Waals surface area contributed by atoms with Crippen molar-refractivity contribution < 1.29 is 28.6 Å². The first-order valence-electron chi connectivity index (χ1n) is 34.4. The van der Waals surface area contributed by atoms with Crippen LogP contribution < -0.4 is 0 Å². The first-order valence-corrected chi connectivity index (χ1v) is 34.4. The predicted octanol–water partition coefficient (Wildman–Crippen LogP) is 23.7. The summed E-state index contributed by atoms with van der Waals surface area (Å²) in [6, 6.07) is 0. The van der Waals surface area contributed by atoms with E-state index in [0.717, 1.165) is 116 Å². The Morgan fingerprint density at radius 3 is 0.785 bits per heavy atom. The molecule has 0 aliphatic heterocycles. The lowest BCUT2D eigenvalue weighted by atomic mass is 10.0. The Bertz CT molecular complexity index is 1450. The number of hydrogen-bond acceptors (Lipinski definition) is 6. The van der Waals surface area contributed by atoms with Crippen molar-refractivity contribution in [3.05, 3.63) is 72.9 Å². The number of allylic oxidation sites excluding steroid dienone is 12. The molecule has 1 atom stereocenters. The van der Waals surface area contributed by atoms with Crippen LogP contribution in [0.5, 0.6) is 0 Å². The minimum Gasteiger partial charge on any atom is -0.462 e. The highest BCUT2D eigenvalue weighted by atomic mass is 16.6. The van der Waals surface area contributed by atoms with E-state index >= 15 is 0 Å². The van der Waals surface area contributed by atoms with E-state index in [0.29, 0.717) is 19.3 Å². The van der Waals surface area contributed by atoms with Crippen LogP contribution in [0, 0.1) is 0 Å². The van der Waals surface area contributed by atoms with Gasteiger partial charge in [0, 0.05) is 19.3 Å². The van der Waals surface area contributed by atoms with Gasteiger partial charge in [0.2, 0.25) is 0 Å². The maximum absolute atomic E-state index is 12.9. The van der Waals surface area contributed by atoms with Gasteiger partial charge in [0.1, 0.15) is 13.2 Å². The summed E-state index contributed by atoms with van der Waals surface area (Å²) in [4.78, 5) is 38.4. The van der Waals surface area contributed by atoms with Crippen LogP contribution in [-0.2, 0) is 28.6 Å². The van der Waals surface area contributed by atoms with Crippen LogP contribution in [0.15, 0.2) is 72.9 Å². The summed E-state index contributed by atoms with van der Waals surface area (Å²) in [5.74, 6) is -0.892. The van der Waals surface area contributed by atoms with Gasteiger partial charge in [-0.2, -0.15) is 0 Å². The van der Waals surface area contributed by atoms with E-state index in [2.05, 4.69) is 93.7 Å². The molecule has 0 fully saturated rings. The van der Waals surface area contributed by atoms with Gasteiger partial charge in [0.25, 0.3) is 0 Å².